The van der Waals surface area contributed by atoms with E-state index in [1.54, 1.807) is 0 Å². The molecule has 0 saturated carbocycles. The van der Waals surface area contributed by atoms with Gasteiger partial charge in [-0.3, -0.25) is 0 Å². The summed E-state index contributed by atoms with van der Waals surface area (Å²) >= 11 is 0. The smallest absolute Gasteiger partial charge is 0.0561 e. The van der Waals surface area contributed by atoms with Gasteiger partial charge in [0, 0.05) is 33.3 Å². The van der Waals surface area contributed by atoms with Gasteiger partial charge >= 0.3 is 0 Å². The number of rotatable bonds is 7. The summed E-state index contributed by atoms with van der Waals surface area (Å²) in [6.07, 6.45) is 0. The summed E-state index contributed by atoms with van der Waals surface area (Å²) in [4.78, 5) is 2.47. The van der Waals surface area contributed by atoms with Crippen LogP contribution in [-0.2, 0) is 0 Å². The molecule has 1 heterocycles. The molecule has 0 atom stereocenters. The van der Waals surface area contributed by atoms with E-state index in [0.29, 0.717) is 0 Å². The molecular weight excluding hydrogens is 653 g/mol. The summed E-state index contributed by atoms with van der Waals surface area (Å²) in [6, 6.07) is 79.0. The predicted octanol–water partition coefficient (Wildman–Crippen LogP) is 14.4. The van der Waals surface area contributed by atoms with Crippen LogP contribution in [-0.4, -0.2) is 4.57 Å². The molecule has 254 valence electrons. The van der Waals surface area contributed by atoms with Gasteiger partial charge in [-0.15, -0.1) is 0 Å². The lowest BCUT2D eigenvalue weighted by Gasteiger charge is -2.30. The van der Waals surface area contributed by atoms with Crippen LogP contribution in [0.2, 0.25) is 0 Å². The van der Waals surface area contributed by atoms with Gasteiger partial charge in [-0.2, -0.15) is 0 Å². The highest BCUT2D eigenvalue weighted by molar-refractivity contribution is 6.11. The summed E-state index contributed by atoms with van der Waals surface area (Å²) in [5, 5.41) is 4.92. The Bertz CT molecular complexity index is 2930. The monoisotopic (exact) mass is 688 g/mol. The van der Waals surface area contributed by atoms with Gasteiger partial charge in [0.25, 0.3) is 0 Å². The second-order valence-electron chi connectivity index (χ2n) is 13.7. The van der Waals surface area contributed by atoms with Gasteiger partial charge in [-0.05, 0) is 75.5 Å². The third-order valence-corrected chi connectivity index (χ3v) is 10.6. The number of aromatic nitrogens is 1. The average Bonchev–Trinajstić information content (AvgIpc) is 3.58. The van der Waals surface area contributed by atoms with Crippen molar-refractivity contribution in [1.29, 1.82) is 0 Å². The zero-order valence-corrected chi connectivity index (χ0v) is 29.7. The zero-order chi connectivity index (χ0) is 35.8. The fraction of sp³-hybridized carbons (Fsp3) is 0. The summed E-state index contributed by atoms with van der Waals surface area (Å²) < 4.78 is 2.40. The second-order valence-corrected chi connectivity index (χ2v) is 13.7. The first-order valence-corrected chi connectivity index (χ1v) is 18.5. The zero-order valence-electron chi connectivity index (χ0n) is 29.7. The Morgan fingerprint density at radius 1 is 0.315 bits per heavy atom. The summed E-state index contributed by atoms with van der Waals surface area (Å²) in [6.45, 7) is 0. The summed E-state index contributed by atoms with van der Waals surface area (Å²) in [7, 11) is 0. The minimum absolute atomic E-state index is 1.08. The Hall–Kier alpha value is -7.16. The van der Waals surface area contributed by atoms with Crippen molar-refractivity contribution in [2.24, 2.45) is 0 Å². The molecule has 0 bridgehead atoms. The molecule has 1 aromatic heterocycles. The lowest BCUT2D eigenvalue weighted by atomic mass is 9.92. The van der Waals surface area contributed by atoms with Crippen LogP contribution < -0.4 is 4.90 Å². The first kappa shape index (κ1) is 31.6. The molecule has 0 unspecified atom stereocenters. The van der Waals surface area contributed by atoms with Crippen molar-refractivity contribution in [3.63, 3.8) is 0 Å². The number of hydrogen-bond donors (Lipinski definition) is 0. The highest BCUT2D eigenvalue weighted by atomic mass is 15.1. The van der Waals surface area contributed by atoms with Gasteiger partial charge in [0.05, 0.1) is 22.4 Å². The SMILES string of the molecule is c1ccc(-c2ccccc2-c2ccccc2N(c2ccc3c4ccccc4n(-c4ccccc4)c3c2)c2ccccc2-c2cccc3ccccc23)cc1. The van der Waals surface area contributed by atoms with Crippen molar-refractivity contribution >= 4 is 49.6 Å². The topological polar surface area (TPSA) is 8.17 Å². The van der Waals surface area contributed by atoms with Gasteiger partial charge in [-0.1, -0.05) is 176 Å². The molecule has 2 heteroatoms. The van der Waals surface area contributed by atoms with E-state index in [-0.39, 0.29) is 0 Å². The second kappa shape index (κ2) is 13.4. The standard InChI is InChI=1S/C52H36N2/c1-3-18-37(19-4-1)41-25-9-10-26-43(41)45-27-11-14-31-49(45)54(50-32-15-12-28-46(50)44-30-17-21-38-20-7-8-24-42(38)44)40-34-35-48-47-29-13-16-33-51(47)53(52(48)36-40)39-22-5-2-6-23-39/h1-36H. The number of benzene rings is 9. The third kappa shape index (κ3) is 5.36. The Morgan fingerprint density at radius 2 is 0.833 bits per heavy atom. The Labute approximate surface area is 315 Å². The first-order valence-electron chi connectivity index (χ1n) is 18.5. The fourth-order valence-electron chi connectivity index (χ4n) is 8.20. The molecular formula is C52H36N2. The molecule has 0 amide bonds. The number of para-hydroxylation sites is 4. The van der Waals surface area contributed by atoms with E-state index in [0.717, 1.165) is 33.8 Å². The largest absolute Gasteiger partial charge is 0.309 e. The molecule has 0 fully saturated rings. The van der Waals surface area contributed by atoms with Crippen molar-refractivity contribution in [1.82, 2.24) is 4.57 Å². The molecule has 2 nitrogen and oxygen atoms in total. The van der Waals surface area contributed by atoms with Crippen molar-refractivity contribution in [3.8, 4) is 39.1 Å². The van der Waals surface area contributed by atoms with Crippen molar-refractivity contribution in [2.45, 2.75) is 0 Å². The predicted molar refractivity (Wildman–Crippen MR) is 229 cm³/mol. The molecule has 0 aliphatic carbocycles. The molecule has 0 N–H and O–H groups in total. The molecule has 54 heavy (non-hydrogen) atoms. The highest BCUT2D eigenvalue weighted by Gasteiger charge is 2.23. The van der Waals surface area contributed by atoms with Gasteiger partial charge in [0.2, 0.25) is 0 Å². The first-order chi connectivity index (χ1) is 26.8. The highest BCUT2D eigenvalue weighted by Crippen LogP contribution is 2.48. The van der Waals surface area contributed by atoms with Crippen LogP contribution in [0.15, 0.2) is 218 Å². The van der Waals surface area contributed by atoms with E-state index in [1.165, 1.54) is 54.9 Å². The minimum atomic E-state index is 1.08. The number of nitrogens with zero attached hydrogens (tertiary/aromatic N) is 2. The Balaban J connectivity index is 1.28. The van der Waals surface area contributed by atoms with Crippen molar-refractivity contribution in [2.75, 3.05) is 4.90 Å². The van der Waals surface area contributed by atoms with Crippen LogP contribution in [0.25, 0.3) is 71.6 Å². The molecule has 0 saturated heterocycles. The quantitative estimate of drug-likeness (QED) is 0.162. The third-order valence-electron chi connectivity index (χ3n) is 10.6. The van der Waals surface area contributed by atoms with Crippen molar-refractivity contribution < 1.29 is 0 Å². The molecule has 0 aliphatic rings. The lowest BCUT2D eigenvalue weighted by Crippen LogP contribution is -2.13. The Morgan fingerprint density at radius 3 is 1.59 bits per heavy atom. The molecule has 0 radical (unpaired) electrons. The molecule has 0 aliphatic heterocycles. The summed E-state index contributed by atoms with van der Waals surface area (Å²) in [5.74, 6) is 0. The van der Waals surface area contributed by atoms with Crippen LogP contribution in [0.3, 0.4) is 0 Å². The lowest BCUT2D eigenvalue weighted by molar-refractivity contribution is 1.18. The maximum atomic E-state index is 2.47. The summed E-state index contributed by atoms with van der Waals surface area (Å²) in [5.41, 5.74) is 13.9. The van der Waals surface area contributed by atoms with E-state index in [9.17, 15) is 0 Å². The number of anilines is 3. The molecule has 10 rings (SSSR count). The molecule has 0 spiro atoms. The maximum absolute atomic E-state index is 2.47. The van der Waals surface area contributed by atoms with E-state index in [2.05, 4.69) is 228 Å². The number of fused-ring (bicyclic) bond motifs is 4. The van der Waals surface area contributed by atoms with Gasteiger partial charge in [0.1, 0.15) is 0 Å². The van der Waals surface area contributed by atoms with Crippen molar-refractivity contribution in [3.05, 3.63) is 218 Å². The van der Waals surface area contributed by atoms with Gasteiger partial charge < -0.3 is 9.47 Å². The van der Waals surface area contributed by atoms with Crippen LogP contribution in [0, 0.1) is 0 Å². The van der Waals surface area contributed by atoms with Crippen LogP contribution >= 0.6 is 0 Å². The molecule has 10 aromatic rings. The minimum Gasteiger partial charge on any atom is -0.309 e. The maximum Gasteiger partial charge on any atom is 0.0561 e. The fourth-order valence-corrected chi connectivity index (χ4v) is 8.20. The van der Waals surface area contributed by atoms with Crippen LogP contribution in [0.1, 0.15) is 0 Å². The number of hydrogen-bond acceptors (Lipinski definition) is 1. The van der Waals surface area contributed by atoms with E-state index >= 15 is 0 Å². The van der Waals surface area contributed by atoms with E-state index in [4.69, 9.17) is 0 Å². The van der Waals surface area contributed by atoms with Gasteiger partial charge in [0.15, 0.2) is 0 Å². The van der Waals surface area contributed by atoms with Crippen LogP contribution in [0.5, 0.6) is 0 Å². The van der Waals surface area contributed by atoms with E-state index < -0.39 is 0 Å². The Kier molecular flexibility index (Phi) is 7.85. The molecule has 9 aromatic carbocycles. The average molecular weight is 689 g/mol. The normalized spacial score (nSPS) is 11.3. The van der Waals surface area contributed by atoms with E-state index in [1.807, 2.05) is 0 Å². The van der Waals surface area contributed by atoms with Gasteiger partial charge in [-0.25, -0.2) is 0 Å². The van der Waals surface area contributed by atoms with Crippen LogP contribution in [0.4, 0.5) is 17.1 Å².